The average molecular weight is 344 g/mol. The molecule has 0 aromatic rings. The van der Waals surface area contributed by atoms with Gasteiger partial charge in [0.15, 0.2) is 0 Å². The van der Waals surface area contributed by atoms with Gasteiger partial charge in [-0.2, -0.15) is 5.26 Å². The Hall–Kier alpha value is -1.56. The first-order valence-corrected chi connectivity index (χ1v) is 10.1. The van der Waals surface area contributed by atoms with Crippen LogP contribution in [0.3, 0.4) is 0 Å². The maximum Gasteiger partial charge on any atom is 0.309 e. The van der Waals surface area contributed by atoms with Gasteiger partial charge in [-0.3, -0.25) is 4.79 Å². The van der Waals surface area contributed by atoms with E-state index in [1.54, 1.807) is 6.08 Å². The molecule has 0 spiro atoms. The number of hydrogen-bond acceptors (Lipinski definition) is 3. The van der Waals surface area contributed by atoms with Crippen LogP contribution in [-0.2, 0) is 9.53 Å². The van der Waals surface area contributed by atoms with E-state index in [1.165, 1.54) is 44.6 Å². The number of carbonyl (C=O) groups is 1. The summed E-state index contributed by atoms with van der Waals surface area (Å²) in [6.45, 7) is 2.25. The van der Waals surface area contributed by atoms with Gasteiger partial charge < -0.3 is 4.74 Å². The third-order valence-electron chi connectivity index (χ3n) is 5.99. The van der Waals surface area contributed by atoms with E-state index in [9.17, 15) is 4.79 Å². The monoisotopic (exact) mass is 343 g/mol. The normalized spacial score (nSPS) is 30.4. The summed E-state index contributed by atoms with van der Waals surface area (Å²) in [5, 5.41) is 8.41. The summed E-state index contributed by atoms with van der Waals surface area (Å²) in [6, 6.07) is 1.98. The highest BCUT2D eigenvalue weighted by Crippen LogP contribution is 2.34. The minimum Gasteiger partial charge on any atom is -0.462 e. The van der Waals surface area contributed by atoms with E-state index in [0.29, 0.717) is 0 Å². The van der Waals surface area contributed by atoms with Crippen LogP contribution in [0.4, 0.5) is 0 Å². The largest absolute Gasteiger partial charge is 0.462 e. The lowest BCUT2D eigenvalue weighted by Gasteiger charge is -2.31. The first kappa shape index (κ1) is 19.8. The summed E-state index contributed by atoms with van der Waals surface area (Å²) in [5.41, 5.74) is 0. The second-order valence-electron chi connectivity index (χ2n) is 7.70. The van der Waals surface area contributed by atoms with Crippen molar-refractivity contribution in [2.75, 3.05) is 0 Å². The predicted octanol–water partition coefficient (Wildman–Crippen LogP) is 5.72. The number of esters is 1. The number of allylic oxidation sites excluding steroid dienone is 4. The van der Waals surface area contributed by atoms with Gasteiger partial charge in [-0.1, -0.05) is 31.6 Å². The van der Waals surface area contributed by atoms with Gasteiger partial charge in [-0.25, -0.2) is 0 Å². The lowest BCUT2D eigenvalue weighted by atomic mass is 9.80. The first-order valence-electron chi connectivity index (χ1n) is 10.1. The Kier molecular flexibility index (Phi) is 8.80. The Labute approximate surface area is 153 Å². The number of ether oxygens (including phenoxy) is 1. The van der Waals surface area contributed by atoms with Crippen molar-refractivity contribution in [3.8, 4) is 6.07 Å². The van der Waals surface area contributed by atoms with Crippen LogP contribution in [0.25, 0.3) is 0 Å². The molecule has 2 saturated carbocycles. The molecule has 0 N–H and O–H groups in total. The zero-order valence-corrected chi connectivity index (χ0v) is 15.7. The fourth-order valence-electron chi connectivity index (χ4n) is 4.21. The molecule has 2 aliphatic rings. The number of carbonyl (C=O) groups excluding carboxylic acids is 1. The molecule has 0 bridgehead atoms. The summed E-state index contributed by atoms with van der Waals surface area (Å²) in [7, 11) is 0. The van der Waals surface area contributed by atoms with Gasteiger partial charge in [-0.05, 0) is 76.0 Å². The lowest BCUT2D eigenvalue weighted by Crippen LogP contribution is -2.30. The summed E-state index contributed by atoms with van der Waals surface area (Å²) in [6.07, 6.45) is 19.8. The Balaban J connectivity index is 1.60. The highest BCUT2D eigenvalue weighted by Gasteiger charge is 2.30. The summed E-state index contributed by atoms with van der Waals surface area (Å²) in [4.78, 5) is 12.4. The second kappa shape index (κ2) is 11.1. The first-order chi connectivity index (χ1) is 12.2. The van der Waals surface area contributed by atoms with Crippen molar-refractivity contribution in [1.29, 1.82) is 5.26 Å². The molecule has 25 heavy (non-hydrogen) atoms. The molecule has 2 fully saturated rings. The van der Waals surface area contributed by atoms with Crippen molar-refractivity contribution in [3.05, 3.63) is 24.3 Å². The topological polar surface area (TPSA) is 50.1 Å². The number of hydrogen-bond donors (Lipinski definition) is 0. The van der Waals surface area contributed by atoms with Gasteiger partial charge >= 0.3 is 5.97 Å². The van der Waals surface area contributed by atoms with E-state index in [1.807, 2.05) is 12.1 Å². The third kappa shape index (κ3) is 7.06. The van der Waals surface area contributed by atoms with Crippen LogP contribution >= 0.6 is 0 Å². The van der Waals surface area contributed by atoms with Crippen molar-refractivity contribution in [3.63, 3.8) is 0 Å². The van der Waals surface area contributed by atoms with Crippen molar-refractivity contribution in [2.45, 2.75) is 83.7 Å². The third-order valence-corrected chi connectivity index (χ3v) is 5.99. The molecule has 0 atom stereocenters. The number of nitriles is 1. The van der Waals surface area contributed by atoms with Gasteiger partial charge in [0.1, 0.15) is 6.10 Å². The van der Waals surface area contributed by atoms with Crippen LogP contribution in [0, 0.1) is 29.1 Å². The zero-order chi connectivity index (χ0) is 17.9. The molecule has 0 aromatic heterocycles. The van der Waals surface area contributed by atoms with E-state index in [2.05, 4.69) is 13.0 Å². The molecule has 0 unspecified atom stereocenters. The van der Waals surface area contributed by atoms with Gasteiger partial charge in [0, 0.05) is 6.08 Å². The van der Waals surface area contributed by atoms with Gasteiger partial charge in [0.25, 0.3) is 0 Å². The fraction of sp³-hybridized carbons (Fsp3) is 0.727. The van der Waals surface area contributed by atoms with E-state index in [0.717, 1.165) is 43.9 Å². The smallest absolute Gasteiger partial charge is 0.309 e. The van der Waals surface area contributed by atoms with Gasteiger partial charge in [0.05, 0.1) is 12.0 Å². The summed E-state index contributed by atoms with van der Waals surface area (Å²) >= 11 is 0. The molecule has 0 aliphatic heterocycles. The molecule has 0 amide bonds. The van der Waals surface area contributed by atoms with Gasteiger partial charge in [0.2, 0.25) is 0 Å². The Morgan fingerprint density at radius 2 is 1.72 bits per heavy atom. The van der Waals surface area contributed by atoms with E-state index in [-0.39, 0.29) is 18.0 Å². The second-order valence-corrected chi connectivity index (χ2v) is 7.70. The Bertz CT molecular complexity index is 487. The molecule has 0 radical (unpaired) electrons. The molecular weight excluding hydrogens is 310 g/mol. The zero-order valence-electron chi connectivity index (χ0n) is 15.7. The van der Waals surface area contributed by atoms with Crippen molar-refractivity contribution in [2.24, 2.45) is 17.8 Å². The van der Waals surface area contributed by atoms with Gasteiger partial charge in [-0.15, -0.1) is 0 Å². The molecule has 0 saturated heterocycles. The Morgan fingerprint density at radius 3 is 2.36 bits per heavy atom. The number of nitrogens with zero attached hydrogens (tertiary/aromatic N) is 1. The number of rotatable bonds is 7. The van der Waals surface area contributed by atoms with Crippen molar-refractivity contribution >= 4 is 5.97 Å². The van der Waals surface area contributed by atoms with E-state index >= 15 is 0 Å². The van der Waals surface area contributed by atoms with Crippen LogP contribution in [-0.4, -0.2) is 12.1 Å². The molecule has 3 heteroatoms. The standard InChI is InChI=1S/C22H33NO2/c1-2-18-9-13-20(14-10-18)22(24)25-21-15-11-19(12-16-21)8-6-4-3-5-7-17-23/h3-5,7,18-21H,2,6,8-16H2,1H3. The van der Waals surface area contributed by atoms with E-state index < -0.39 is 0 Å². The average Bonchev–Trinajstić information content (AvgIpc) is 2.66. The molecule has 3 nitrogen and oxygen atoms in total. The predicted molar refractivity (Wildman–Crippen MR) is 101 cm³/mol. The van der Waals surface area contributed by atoms with Crippen molar-refractivity contribution in [1.82, 2.24) is 0 Å². The highest BCUT2D eigenvalue weighted by atomic mass is 16.5. The SMILES string of the molecule is CCC1CCC(C(=O)OC2CCC(CCC=CC=CC#N)CC2)CC1. The molecule has 0 aromatic carbocycles. The van der Waals surface area contributed by atoms with Crippen molar-refractivity contribution < 1.29 is 9.53 Å². The summed E-state index contributed by atoms with van der Waals surface area (Å²) in [5.74, 6) is 1.81. The summed E-state index contributed by atoms with van der Waals surface area (Å²) < 4.78 is 5.83. The fourth-order valence-corrected chi connectivity index (χ4v) is 4.21. The molecular formula is C22H33NO2. The van der Waals surface area contributed by atoms with E-state index in [4.69, 9.17) is 10.00 Å². The van der Waals surface area contributed by atoms with Crippen LogP contribution in [0.1, 0.15) is 77.6 Å². The lowest BCUT2D eigenvalue weighted by molar-refractivity contribution is -0.157. The van der Waals surface area contributed by atoms with Crippen LogP contribution in [0.15, 0.2) is 24.3 Å². The quantitative estimate of drug-likeness (QED) is 0.337. The Morgan fingerprint density at radius 1 is 1.04 bits per heavy atom. The maximum atomic E-state index is 12.4. The van der Waals surface area contributed by atoms with Crippen LogP contribution < -0.4 is 0 Å². The molecule has 2 aliphatic carbocycles. The minimum atomic E-state index is 0.0743. The van der Waals surface area contributed by atoms with Crippen LogP contribution in [0.5, 0.6) is 0 Å². The molecule has 0 heterocycles. The maximum absolute atomic E-state index is 12.4. The highest BCUT2D eigenvalue weighted by molar-refractivity contribution is 5.72. The van der Waals surface area contributed by atoms with Crippen LogP contribution in [0.2, 0.25) is 0 Å². The molecule has 2 rings (SSSR count). The minimum absolute atomic E-state index is 0.0743. The molecule has 138 valence electrons.